The van der Waals surface area contributed by atoms with Crippen LogP contribution in [0.25, 0.3) is 11.4 Å². The van der Waals surface area contributed by atoms with E-state index in [9.17, 15) is 4.79 Å². The number of nitrogens with one attached hydrogen (secondary N) is 1. The van der Waals surface area contributed by atoms with E-state index in [0.29, 0.717) is 27.6 Å². The first kappa shape index (κ1) is 21.1. The molecule has 0 aliphatic rings. The van der Waals surface area contributed by atoms with Crippen molar-refractivity contribution in [3.8, 4) is 22.9 Å². The molecule has 29 heavy (non-hydrogen) atoms. The highest BCUT2D eigenvalue weighted by Gasteiger charge is 2.21. The van der Waals surface area contributed by atoms with Gasteiger partial charge < -0.3 is 19.4 Å². The Morgan fingerprint density at radius 2 is 1.93 bits per heavy atom. The van der Waals surface area contributed by atoms with E-state index in [1.807, 2.05) is 50.6 Å². The minimum Gasteiger partial charge on any atom is -0.493 e. The van der Waals surface area contributed by atoms with Crippen molar-refractivity contribution >= 4 is 34.1 Å². The molecule has 2 heterocycles. The van der Waals surface area contributed by atoms with Crippen LogP contribution in [-0.2, 0) is 11.8 Å². The van der Waals surface area contributed by atoms with E-state index >= 15 is 0 Å². The largest absolute Gasteiger partial charge is 0.493 e. The van der Waals surface area contributed by atoms with Gasteiger partial charge >= 0.3 is 0 Å². The fourth-order valence-electron chi connectivity index (χ4n) is 2.59. The molecule has 0 saturated carbocycles. The van der Waals surface area contributed by atoms with Gasteiger partial charge in [-0.25, -0.2) is 4.98 Å². The molecular weight excluding hydrogens is 410 g/mol. The Balaban J connectivity index is 1.74. The second-order valence-electron chi connectivity index (χ2n) is 6.34. The second-order valence-corrected chi connectivity index (χ2v) is 8.86. The van der Waals surface area contributed by atoms with E-state index in [1.165, 1.54) is 23.1 Å². The third-order valence-electron chi connectivity index (χ3n) is 4.39. The Morgan fingerprint density at radius 1 is 1.21 bits per heavy atom. The summed E-state index contributed by atoms with van der Waals surface area (Å²) in [6.45, 7) is 5.74. The summed E-state index contributed by atoms with van der Waals surface area (Å²) < 4.78 is 12.5. The van der Waals surface area contributed by atoms with Gasteiger partial charge in [-0.2, -0.15) is 0 Å². The molecule has 3 aromatic rings. The summed E-state index contributed by atoms with van der Waals surface area (Å²) in [5, 5.41) is 12.3. The lowest BCUT2D eigenvalue weighted by molar-refractivity contribution is -0.115. The predicted molar refractivity (Wildman–Crippen MR) is 115 cm³/mol. The summed E-state index contributed by atoms with van der Waals surface area (Å²) in [4.78, 5) is 18.0. The maximum Gasteiger partial charge on any atom is 0.239 e. The minimum absolute atomic E-state index is 0.126. The van der Waals surface area contributed by atoms with Crippen LogP contribution in [0.1, 0.15) is 17.5 Å². The smallest absolute Gasteiger partial charge is 0.239 e. The zero-order chi connectivity index (χ0) is 21.1. The van der Waals surface area contributed by atoms with Gasteiger partial charge in [-0.3, -0.25) is 4.79 Å². The van der Waals surface area contributed by atoms with Crippen LogP contribution >= 0.6 is 23.1 Å². The van der Waals surface area contributed by atoms with E-state index in [4.69, 9.17) is 9.47 Å². The molecular formula is C19H23N5O3S2. The summed E-state index contributed by atoms with van der Waals surface area (Å²) >= 11 is 2.81. The van der Waals surface area contributed by atoms with Crippen molar-refractivity contribution in [1.29, 1.82) is 0 Å². The van der Waals surface area contributed by atoms with Crippen LogP contribution in [0.2, 0.25) is 0 Å². The van der Waals surface area contributed by atoms with E-state index in [0.717, 1.165) is 16.1 Å². The Kier molecular flexibility index (Phi) is 6.43. The van der Waals surface area contributed by atoms with Crippen LogP contribution in [0.15, 0.2) is 23.4 Å². The zero-order valence-corrected chi connectivity index (χ0v) is 18.8. The fourth-order valence-corrected chi connectivity index (χ4v) is 4.22. The van der Waals surface area contributed by atoms with Gasteiger partial charge in [0.25, 0.3) is 0 Å². The van der Waals surface area contributed by atoms with Crippen LogP contribution in [0, 0.1) is 13.8 Å². The number of methoxy groups -OCH3 is 2. The quantitative estimate of drug-likeness (QED) is 0.568. The molecule has 0 fully saturated rings. The van der Waals surface area contributed by atoms with Gasteiger partial charge in [0.15, 0.2) is 27.6 Å². The Morgan fingerprint density at radius 3 is 2.55 bits per heavy atom. The maximum atomic E-state index is 12.5. The first-order valence-corrected chi connectivity index (χ1v) is 10.6. The van der Waals surface area contributed by atoms with Gasteiger partial charge in [0.2, 0.25) is 5.91 Å². The Bertz CT molecular complexity index is 1010. The molecule has 0 saturated heterocycles. The first-order chi connectivity index (χ1) is 13.8. The van der Waals surface area contributed by atoms with Crippen molar-refractivity contribution in [2.45, 2.75) is 31.2 Å². The zero-order valence-electron chi connectivity index (χ0n) is 17.1. The van der Waals surface area contributed by atoms with Crippen LogP contribution < -0.4 is 14.8 Å². The second kappa shape index (κ2) is 8.83. The number of hydrogen-bond donors (Lipinski definition) is 1. The predicted octanol–water partition coefficient (Wildman–Crippen LogP) is 3.69. The van der Waals surface area contributed by atoms with E-state index in [2.05, 4.69) is 20.5 Å². The van der Waals surface area contributed by atoms with Crippen molar-refractivity contribution in [2.75, 3.05) is 19.5 Å². The van der Waals surface area contributed by atoms with Gasteiger partial charge in [0, 0.05) is 17.5 Å². The van der Waals surface area contributed by atoms with Crippen LogP contribution in [0.4, 0.5) is 5.13 Å². The molecule has 10 heteroatoms. The SMILES string of the molecule is COc1ccc(-c2nnc(S[C@@H](C)C(=O)Nc3nc(C)c(C)s3)n2C)cc1OC. The molecule has 0 unspecified atom stereocenters. The number of rotatable bonds is 7. The van der Waals surface area contributed by atoms with E-state index in [1.54, 1.807) is 14.2 Å². The number of carbonyl (C=O) groups excluding carboxylic acids is 1. The highest BCUT2D eigenvalue weighted by molar-refractivity contribution is 8.00. The van der Waals surface area contributed by atoms with Gasteiger partial charge in [-0.05, 0) is 39.0 Å². The van der Waals surface area contributed by atoms with Crippen molar-refractivity contribution in [3.05, 3.63) is 28.8 Å². The number of nitrogens with zero attached hydrogens (tertiary/aromatic N) is 4. The lowest BCUT2D eigenvalue weighted by atomic mass is 10.2. The summed E-state index contributed by atoms with van der Waals surface area (Å²) in [7, 11) is 5.05. The lowest BCUT2D eigenvalue weighted by Crippen LogP contribution is -2.22. The monoisotopic (exact) mass is 433 g/mol. The maximum absolute atomic E-state index is 12.5. The van der Waals surface area contributed by atoms with E-state index in [-0.39, 0.29) is 11.2 Å². The van der Waals surface area contributed by atoms with Crippen LogP contribution in [-0.4, -0.2) is 45.1 Å². The number of ether oxygens (including phenoxy) is 2. The van der Waals surface area contributed by atoms with Gasteiger partial charge in [-0.1, -0.05) is 11.8 Å². The summed E-state index contributed by atoms with van der Waals surface area (Å²) in [5.74, 6) is 1.81. The van der Waals surface area contributed by atoms with Gasteiger partial charge in [-0.15, -0.1) is 21.5 Å². The molecule has 3 rings (SSSR count). The van der Waals surface area contributed by atoms with Gasteiger partial charge in [0.1, 0.15) is 0 Å². The number of benzene rings is 1. The normalized spacial score (nSPS) is 11.9. The Hall–Kier alpha value is -2.59. The average Bonchev–Trinajstić information content (AvgIpc) is 3.22. The van der Waals surface area contributed by atoms with Crippen molar-refractivity contribution < 1.29 is 14.3 Å². The standard InChI is InChI=1S/C19H23N5O3S2/c1-10-11(2)28-18(20-10)21-17(25)12(3)29-19-23-22-16(24(19)4)13-7-8-14(26-5)15(9-13)27-6/h7-9,12H,1-6H3,(H,20,21,25)/t12-/m0/s1. The highest BCUT2D eigenvalue weighted by atomic mass is 32.2. The summed E-state index contributed by atoms with van der Waals surface area (Å²) in [5.41, 5.74) is 1.77. The number of aryl methyl sites for hydroxylation is 2. The van der Waals surface area contributed by atoms with Crippen LogP contribution in [0.3, 0.4) is 0 Å². The van der Waals surface area contributed by atoms with Crippen molar-refractivity contribution in [3.63, 3.8) is 0 Å². The number of carbonyl (C=O) groups is 1. The molecule has 1 aromatic carbocycles. The number of anilines is 1. The number of aromatic nitrogens is 4. The number of thiazole rings is 1. The molecule has 1 N–H and O–H groups in total. The molecule has 2 aromatic heterocycles. The lowest BCUT2D eigenvalue weighted by Gasteiger charge is -2.11. The van der Waals surface area contributed by atoms with Crippen LogP contribution in [0.5, 0.6) is 11.5 Å². The minimum atomic E-state index is -0.360. The molecule has 0 aliphatic carbocycles. The molecule has 1 amide bonds. The fraction of sp³-hybridized carbons (Fsp3) is 0.368. The van der Waals surface area contributed by atoms with Crippen molar-refractivity contribution in [2.24, 2.45) is 7.05 Å². The molecule has 0 radical (unpaired) electrons. The third kappa shape index (κ3) is 4.54. The molecule has 0 aliphatic heterocycles. The van der Waals surface area contributed by atoms with Crippen molar-refractivity contribution in [1.82, 2.24) is 19.7 Å². The summed E-state index contributed by atoms with van der Waals surface area (Å²) in [6.07, 6.45) is 0. The number of hydrogen-bond acceptors (Lipinski definition) is 8. The summed E-state index contributed by atoms with van der Waals surface area (Å²) in [6, 6.07) is 5.56. The first-order valence-electron chi connectivity index (χ1n) is 8.87. The third-order valence-corrected chi connectivity index (χ3v) is 6.51. The molecule has 8 nitrogen and oxygen atoms in total. The topological polar surface area (TPSA) is 91.2 Å². The molecule has 154 valence electrons. The number of thioether (sulfide) groups is 1. The highest BCUT2D eigenvalue weighted by Crippen LogP contribution is 2.33. The molecule has 0 spiro atoms. The van der Waals surface area contributed by atoms with Gasteiger partial charge in [0.05, 0.1) is 25.2 Å². The number of amides is 1. The Labute approximate surface area is 177 Å². The molecule has 0 bridgehead atoms. The average molecular weight is 434 g/mol. The molecule has 1 atom stereocenters. The van der Waals surface area contributed by atoms with E-state index < -0.39 is 0 Å².